The minimum absolute atomic E-state index is 0.0322. The van der Waals surface area contributed by atoms with Gasteiger partial charge in [0.1, 0.15) is 0 Å². The highest BCUT2D eigenvalue weighted by Crippen LogP contribution is 2.51. The van der Waals surface area contributed by atoms with E-state index in [0.717, 1.165) is 11.3 Å². The Hall–Kier alpha value is -3.33. The summed E-state index contributed by atoms with van der Waals surface area (Å²) in [6.07, 6.45) is 0.0322. The number of non-ortho nitro benzene ring substituents is 1. The largest absolute Gasteiger partial charge is 0.366 e. The van der Waals surface area contributed by atoms with Crippen LogP contribution in [0.15, 0.2) is 48.5 Å². The van der Waals surface area contributed by atoms with Gasteiger partial charge >= 0.3 is 0 Å². The molecule has 2 heterocycles. The smallest absolute Gasteiger partial charge is 0.269 e. The van der Waals surface area contributed by atoms with Crippen LogP contribution in [0.2, 0.25) is 0 Å². The summed E-state index contributed by atoms with van der Waals surface area (Å²) in [4.78, 5) is 41.6. The van der Waals surface area contributed by atoms with Crippen LogP contribution in [0.25, 0.3) is 0 Å². The van der Waals surface area contributed by atoms with Gasteiger partial charge in [-0.15, -0.1) is 0 Å². The number of hydrogen-bond donors (Lipinski definition) is 1. The predicted molar refractivity (Wildman–Crippen MR) is 120 cm³/mol. The van der Waals surface area contributed by atoms with Crippen LogP contribution in [-0.2, 0) is 16.0 Å². The SMILES string of the molecule is CC(C)N1C(=O)[C@@]2(Cc3cc([N+](=O)[O-])ccc3N(C)[C@@H]2c2ccccc2)C(=O)NC1=S. The highest BCUT2D eigenvalue weighted by molar-refractivity contribution is 7.80. The second kappa shape index (κ2) is 7.42. The Labute approximate surface area is 185 Å². The highest BCUT2D eigenvalue weighted by Gasteiger charge is 2.61. The van der Waals surface area contributed by atoms with E-state index in [-0.39, 0.29) is 23.3 Å². The number of anilines is 1. The van der Waals surface area contributed by atoms with Gasteiger partial charge in [0.25, 0.3) is 5.69 Å². The molecule has 2 atom stereocenters. The first kappa shape index (κ1) is 20.9. The number of carbonyl (C=O) groups excluding carboxylic acids is 2. The van der Waals surface area contributed by atoms with Gasteiger partial charge < -0.3 is 10.2 Å². The number of amides is 2. The Morgan fingerprint density at radius 2 is 1.87 bits per heavy atom. The fourth-order valence-electron chi connectivity index (χ4n) is 4.72. The van der Waals surface area contributed by atoms with E-state index in [4.69, 9.17) is 12.2 Å². The molecule has 160 valence electrons. The highest BCUT2D eigenvalue weighted by atomic mass is 32.1. The molecule has 1 fully saturated rings. The van der Waals surface area contributed by atoms with Crippen LogP contribution >= 0.6 is 12.2 Å². The summed E-state index contributed by atoms with van der Waals surface area (Å²) in [6.45, 7) is 3.66. The van der Waals surface area contributed by atoms with E-state index in [1.54, 1.807) is 13.1 Å². The Kier molecular flexibility index (Phi) is 5.01. The zero-order valence-corrected chi connectivity index (χ0v) is 18.2. The number of hydrogen-bond acceptors (Lipinski definition) is 6. The second-order valence-corrected chi connectivity index (χ2v) is 8.56. The van der Waals surface area contributed by atoms with Crippen molar-refractivity contribution in [2.45, 2.75) is 32.4 Å². The van der Waals surface area contributed by atoms with Crippen LogP contribution in [0.3, 0.4) is 0 Å². The first-order valence-electron chi connectivity index (χ1n) is 9.92. The van der Waals surface area contributed by atoms with Crippen molar-refractivity contribution in [1.29, 1.82) is 0 Å². The quantitative estimate of drug-likeness (QED) is 0.343. The zero-order chi connectivity index (χ0) is 22.5. The van der Waals surface area contributed by atoms with Crippen molar-refractivity contribution < 1.29 is 14.5 Å². The summed E-state index contributed by atoms with van der Waals surface area (Å²) < 4.78 is 0. The van der Waals surface area contributed by atoms with Crippen LogP contribution in [0.4, 0.5) is 11.4 Å². The van der Waals surface area contributed by atoms with Crippen molar-refractivity contribution in [2.75, 3.05) is 11.9 Å². The molecular formula is C22H22N4O4S. The Morgan fingerprint density at radius 1 is 1.19 bits per heavy atom. The first-order valence-corrected chi connectivity index (χ1v) is 10.3. The standard InChI is InChI=1S/C22H22N4O4S/c1-13(2)25-20(28)22(19(27)23-21(25)31)12-15-11-16(26(29)30)9-10-17(15)24(3)18(22)14-7-5-4-6-8-14/h4-11,13,18H,12H2,1-3H3,(H,23,27,31)/t18-,22-/m1/s1. The van der Waals surface area contributed by atoms with E-state index in [2.05, 4.69) is 5.32 Å². The van der Waals surface area contributed by atoms with Gasteiger partial charge in [-0.3, -0.25) is 24.6 Å². The molecule has 2 amide bonds. The summed E-state index contributed by atoms with van der Waals surface area (Å²) in [7, 11) is 1.80. The molecule has 4 rings (SSSR count). The van der Waals surface area contributed by atoms with Crippen molar-refractivity contribution in [3.8, 4) is 0 Å². The van der Waals surface area contributed by atoms with Crippen LogP contribution in [0, 0.1) is 15.5 Å². The van der Waals surface area contributed by atoms with Crippen molar-refractivity contribution in [2.24, 2.45) is 5.41 Å². The second-order valence-electron chi connectivity index (χ2n) is 8.17. The Balaban J connectivity index is 1.98. The Bertz CT molecular complexity index is 1100. The molecule has 31 heavy (non-hydrogen) atoms. The van der Waals surface area contributed by atoms with Gasteiger partial charge in [-0.1, -0.05) is 30.3 Å². The number of carbonyl (C=O) groups is 2. The van der Waals surface area contributed by atoms with Crippen LogP contribution in [-0.4, -0.2) is 39.8 Å². The van der Waals surface area contributed by atoms with Gasteiger partial charge in [0, 0.05) is 37.3 Å². The van der Waals surface area contributed by atoms with E-state index in [9.17, 15) is 19.7 Å². The van der Waals surface area contributed by atoms with Crippen molar-refractivity contribution >= 4 is 40.5 Å². The summed E-state index contributed by atoms with van der Waals surface area (Å²) >= 11 is 5.30. The molecule has 2 aliphatic heterocycles. The van der Waals surface area contributed by atoms with E-state index in [1.165, 1.54) is 17.0 Å². The molecule has 1 N–H and O–H groups in total. The summed E-state index contributed by atoms with van der Waals surface area (Å²) in [6, 6.07) is 13.0. The van der Waals surface area contributed by atoms with Crippen LogP contribution < -0.4 is 10.2 Å². The molecule has 0 bridgehead atoms. The minimum Gasteiger partial charge on any atom is -0.366 e. The van der Waals surface area contributed by atoms with Crippen LogP contribution in [0.1, 0.15) is 31.0 Å². The molecular weight excluding hydrogens is 416 g/mol. The molecule has 2 aliphatic rings. The number of nitro groups is 1. The van der Waals surface area contributed by atoms with Crippen molar-refractivity contribution in [1.82, 2.24) is 10.2 Å². The van der Waals surface area contributed by atoms with Crippen molar-refractivity contribution in [3.63, 3.8) is 0 Å². The average molecular weight is 439 g/mol. The number of nitro benzene ring substituents is 1. The molecule has 0 saturated carbocycles. The van der Waals surface area contributed by atoms with Gasteiger partial charge in [0.05, 0.1) is 11.0 Å². The van der Waals surface area contributed by atoms with E-state index >= 15 is 0 Å². The molecule has 2 aromatic rings. The van der Waals surface area contributed by atoms with Gasteiger partial charge in [0.15, 0.2) is 10.5 Å². The predicted octanol–water partition coefficient (Wildman–Crippen LogP) is 2.97. The van der Waals surface area contributed by atoms with E-state index < -0.39 is 28.2 Å². The molecule has 0 aliphatic carbocycles. The maximum absolute atomic E-state index is 13.9. The molecule has 0 unspecified atom stereocenters. The maximum Gasteiger partial charge on any atom is 0.269 e. The topological polar surface area (TPSA) is 95.8 Å². The zero-order valence-electron chi connectivity index (χ0n) is 17.4. The molecule has 9 heteroatoms. The molecule has 8 nitrogen and oxygen atoms in total. The van der Waals surface area contributed by atoms with Gasteiger partial charge in [-0.05, 0) is 43.3 Å². The van der Waals surface area contributed by atoms with Gasteiger partial charge in [-0.2, -0.15) is 0 Å². The fraction of sp³-hybridized carbons (Fsp3) is 0.318. The molecule has 1 spiro atoms. The minimum atomic E-state index is -1.52. The third-order valence-corrected chi connectivity index (χ3v) is 6.35. The lowest BCUT2D eigenvalue weighted by Crippen LogP contribution is -2.70. The monoisotopic (exact) mass is 438 g/mol. The van der Waals surface area contributed by atoms with E-state index in [1.807, 2.05) is 49.1 Å². The van der Waals surface area contributed by atoms with Crippen LogP contribution in [0.5, 0.6) is 0 Å². The lowest BCUT2D eigenvalue weighted by molar-refractivity contribution is -0.384. The molecule has 1 saturated heterocycles. The first-order chi connectivity index (χ1) is 14.7. The summed E-state index contributed by atoms with van der Waals surface area (Å²) in [5.41, 5.74) is 0.512. The normalized spacial score (nSPS) is 23.2. The average Bonchev–Trinajstić information content (AvgIpc) is 2.72. The number of nitrogens with zero attached hydrogens (tertiary/aromatic N) is 3. The molecule has 0 aromatic heterocycles. The van der Waals surface area contributed by atoms with Crippen molar-refractivity contribution in [3.05, 3.63) is 69.8 Å². The number of nitrogens with one attached hydrogen (secondary N) is 1. The fourth-order valence-corrected chi connectivity index (χ4v) is 5.11. The molecule has 2 aromatic carbocycles. The number of thiocarbonyl (C=S) groups is 1. The van der Waals surface area contributed by atoms with E-state index in [0.29, 0.717) is 5.56 Å². The number of benzene rings is 2. The molecule has 0 radical (unpaired) electrons. The van der Waals surface area contributed by atoms with Gasteiger partial charge in [0.2, 0.25) is 11.8 Å². The summed E-state index contributed by atoms with van der Waals surface area (Å²) in [5, 5.41) is 14.2. The lowest BCUT2D eigenvalue weighted by atomic mass is 9.66. The number of fused-ring (bicyclic) bond motifs is 1. The third kappa shape index (κ3) is 3.07. The summed E-state index contributed by atoms with van der Waals surface area (Å²) in [5.74, 6) is -0.883. The third-order valence-electron chi connectivity index (χ3n) is 6.05. The lowest BCUT2D eigenvalue weighted by Gasteiger charge is -2.52. The maximum atomic E-state index is 13.9. The Morgan fingerprint density at radius 3 is 2.48 bits per heavy atom. The van der Waals surface area contributed by atoms with Gasteiger partial charge in [-0.25, -0.2) is 0 Å². The number of rotatable bonds is 3.